The number of rotatable bonds is 4. The number of anilines is 2. The highest BCUT2D eigenvalue weighted by atomic mass is 79.9. The fourth-order valence-corrected chi connectivity index (χ4v) is 2.07. The van der Waals surface area contributed by atoms with E-state index < -0.39 is 0 Å². The number of amides is 1. The van der Waals surface area contributed by atoms with Crippen LogP contribution in [0, 0.1) is 6.92 Å². The molecule has 2 aromatic carbocycles. The summed E-state index contributed by atoms with van der Waals surface area (Å²) in [7, 11) is 0. The Morgan fingerprint density at radius 1 is 1.15 bits per heavy atom. The van der Waals surface area contributed by atoms with Gasteiger partial charge in [0, 0.05) is 20.9 Å². The molecule has 0 atom stereocenters. The first kappa shape index (κ1) is 14.9. The molecule has 0 bridgehead atoms. The molecule has 0 heterocycles. The van der Waals surface area contributed by atoms with Crippen LogP contribution in [0.5, 0.6) is 0 Å². The second-order valence-corrected chi connectivity index (χ2v) is 5.70. The predicted octanol–water partition coefficient (Wildman–Crippen LogP) is 4.46. The zero-order valence-corrected chi connectivity index (χ0v) is 13.3. The molecule has 0 aliphatic rings. The van der Waals surface area contributed by atoms with Gasteiger partial charge in [0.15, 0.2) is 0 Å². The first-order valence-electron chi connectivity index (χ1n) is 6.10. The minimum Gasteiger partial charge on any atom is -0.376 e. The molecule has 0 unspecified atom stereocenters. The molecule has 2 rings (SSSR count). The van der Waals surface area contributed by atoms with Crippen molar-refractivity contribution in [3.8, 4) is 0 Å². The molecule has 1 amide bonds. The molecule has 2 N–H and O–H groups in total. The topological polar surface area (TPSA) is 41.1 Å². The summed E-state index contributed by atoms with van der Waals surface area (Å²) in [5.74, 6) is -0.118. The van der Waals surface area contributed by atoms with Crippen molar-refractivity contribution in [3.05, 3.63) is 57.5 Å². The number of carbonyl (C=O) groups excluding carboxylic acids is 1. The van der Waals surface area contributed by atoms with Gasteiger partial charge in [-0.25, -0.2) is 0 Å². The van der Waals surface area contributed by atoms with E-state index >= 15 is 0 Å². The molecule has 104 valence electrons. The maximum absolute atomic E-state index is 11.8. The minimum atomic E-state index is -0.118. The minimum absolute atomic E-state index is 0.118. The van der Waals surface area contributed by atoms with Crippen LogP contribution in [-0.4, -0.2) is 12.5 Å². The van der Waals surface area contributed by atoms with E-state index in [1.165, 1.54) is 0 Å². The van der Waals surface area contributed by atoms with Crippen LogP contribution in [0.3, 0.4) is 0 Å². The van der Waals surface area contributed by atoms with Crippen molar-refractivity contribution in [2.45, 2.75) is 6.92 Å². The van der Waals surface area contributed by atoms with Gasteiger partial charge < -0.3 is 10.6 Å². The van der Waals surface area contributed by atoms with Crippen LogP contribution in [0.1, 0.15) is 5.56 Å². The van der Waals surface area contributed by atoms with Crippen LogP contribution >= 0.6 is 27.5 Å². The summed E-state index contributed by atoms with van der Waals surface area (Å²) >= 11 is 9.38. The van der Waals surface area contributed by atoms with Crippen LogP contribution < -0.4 is 10.6 Å². The SMILES string of the molecule is Cc1ccc(NC(=O)CNc2ccc(Br)cc2)cc1Cl. The Morgan fingerprint density at radius 2 is 1.80 bits per heavy atom. The molecule has 0 fully saturated rings. The number of benzene rings is 2. The van der Waals surface area contributed by atoms with Crippen molar-refractivity contribution in [2.24, 2.45) is 0 Å². The molecular weight excluding hydrogens is 340 g/mol. The average molecular weight is 354 g/mol. The quantitative estimate of drug-likeness (QED) is 0.852. The Balaban J connectivity index is 1.89. The lowest BCUT2D eigenvalue weighted by Gasteiger charge is -2.09. The fourth-order valence-electron chi connectivity index (χ4n) is 1.63. The molecule has 0 aromatic heterocycles. The second-order valence-electron chi connectivity index (χ2n) is 4.37. The van der Waals surface area contributed by atoms with Gasteiger partial charge in [-0.1, -0.05) is 33.6 Å². The largest absolute Gasteiger partial charge is 0.376 e. The Bertz CT molecular complexity index is 614. The summed E-state index contributed by atoms with van der Waals surface area (Å²) < 4.78 is 1.00. The summed E-state index contributed by atoms with van der Waals surface area (Å²) in [4.78, 5) is 11.8. The van der Waals surface area contributed by atoms with Crippen molar-refractivity contribution < 1.29 is 4.79 Å². The molecule has 5 heteroatoms. The van der Waals surface area contributed by atoms with E-state index in [1.54, 1.807) is 6.07 Å². The van der Waals surface area contributed by atoms with Gasteiger partial charge in [0.25, 0.3) is 0 Å². The van der Waals surface area contributed by atoms with Crippen molar-refractivity contribution in [1.29, 1.82) is 0 Å². The lowest BCUT2D eigenvalue weighted by atomic mass is 10.2. The van der Waals surface area contributed by atoms with E-state index in [4.69, 9.17) is 11.6 Å². The van der Waals surface area contributed by atoms with Crippen LogP contribution in [0.15, 0.2) is 46.9 Å². The van der Waals surface area contributed by atoms with Gasteiger partial charge in [0.1, 0.15) is 0 Å². The highest BCUT2D eigenvalue weighted by Crippen LogP contribution is 2.20. The van der Waals surface area contributed by atoms with Crippen LogP contribution in [0.4, 0.5) is 11.4 Å². The van der Waals surface area contributed by atoms with E-state index in [1.807, 2.05) is 43.3 Å². The Kier molecular flexibility index (Phi) is 5.04. The first-order chi connectivity index (χ1) is 9.54. The summed E-state index contributed by atoms with van der Waals surface area (Å²) in [6.07, 6.45) is 0. The third-order valence-electron chi connectivity index (χ3n) is 2.75. The third-order valence-corrected chi connectivity index (χ3v) is 3.69. The maximum atomic E-state index is 11.8. The molecule has 20 heavy (non-hydrogen) atoms. The molecule has 0 aliphatic carbocycles. The normalized spacial score (nSPS) is 10.2. The zero-order chi connectivity index (χ0) is 14.5. The molecule has 0 saturated carbocycles. The molecular formula is C15H14BrClN2O. The monoisotopic (exact) mass is 352 g/mol. The maximum Gasteiger partial charge on any atom is 0.243 e. The lowest BCUT2D eigenvalue weighted by Crippen LogP contribution is -2.21. The fraction of sp³-hybridized carbons (Fsp3) is 0.133. The molecule has 0 aliphatic heterocycles. The summed E-state index contributed by atoms with van der Waals surface area (Å²) in [6.45, 7) is 2.12. The van der Waals surface area contributed by atoms with Gasteiger partial charge in [-0.2, -0.15) is 0 Å². The van der Waals surface area contributed by atoms with Gasteiger partial charge in [-0.3, -0.25) is 4.79 Å². The van der Waals surface area contributed by atoms with Crippen LogP contribution in [0.25, 0.3) is 0 Å². The number of aryl methyl sites for hydroxylation is 1. The van der Waals surface area contributed by atoms with Crippen LogP contribution in [0.2, 0.25) is 5.02 Å². The molecule has 0 spiro atoms. The van der Waals surface area contributed by atoms with Crippen molar-refractivity contribution in [1.82, 2.24) is 0 Å². The number of hydrogen-bond acceptors (Lipinski definition) is 2. The number of carbonyl (C=O) groups is 1. The Hall–Kier alpha value is -1.52. The Morgan fingerprint density at radius 3 is 2.45 bits per heavy atom. The average Bonchev–Trinajstić information content (AvgIpc) is 2.42. The van der Waals surface area contributed by atoms with E-state index in [9.17, 15) is 4.79 Å². The van der Waals surface area contributed by atoms with Crippen molar-refractivity contribution >= 4 is 44.8 Å². The predicted molar refractivity (Wildman–Crippen MR) is 87.5 cm³/mol. The third kappa shape index (κ3) is 4.25. The number of hydrogen-bond donors (Lipinski definition) is 2. The smallest absolute Gasteiger partial charge is 0.243 e. The first-order valence-corrected chi connectivity index (χ1v) is 7.27. The summed E-state index contributed by atoms with van der Waals surface area (Å²) in [6, 6.07) is 13.1. The zero-order valence-electron chi connectivity index (χ0n) is 10.9. The lowest BCUT2D eigenvalue weighted by molar-refractivity contribution is -0.114. The molecule has 3 nitrogen and oxygen atoms in total. The van der Waals surface area contributed by atoms with Crippen molar-refractivity contribution in [3.63, 3.8) is 0 Å². The van der Waals surface area contributed by atoms with Gasteiger partial charge in [0.2, 0.25) is 5.91 Å². The van der Waals surface area contributed by atoms with E-state index in [-0.39, 0.29) is 12.5 Å². The molecule has 0 saturated heterocycles. The van der Waals surface area contributed by atoms with E-state index in [0.29, 0.717) is 10.7 Å². The van der Waals surface area contributed by atoms with E-state index in [2.05, 4.69) is 26.6 Å². The highest BCUT2D eigenvalue weighted by Gasteiger charge is 2.04. The van der Waals surface area contributed by atoms with Gasteiger partial charge in [0.05, 0.1) is 6.54 Å². The van der Waals surface area contributed by atoms with Crippen LogP contribution in [-0.2, 0) is 4.79 Å². The molecule has 0 radical (unpaired) electrons. The van der Waals surface area contributed by atoms with Gasteiger partial charge in [-0.15, -0.1) is 0 Å². The highest BCUT2D eigenvalue weighted by molar-refractivity contribution is 9.10. The Labute approximate surface area is 131 Å². The number of nitrogens with one attached hydrogen (secondary N) is 2. The van der Waals surface area contributed by atoms with Gasteiger partial charge >= 0.3 is 0 Å². The summed E-state index contributed by atoms with van der Waals surface area (Å²) in [5.41, 5.74) is 2.58. The number of halogens is 2. The van der Waals surface area contributed by atoms with Crippen molar-refractivity contribution in [2.75, 3.05) is 17.2 Å². The summed E-state index contributed by atoms with van der Waals surface area (Å²) in [5, 5.41) is 6.49. The van der Waals surface area contributed by atoms with Gasteiger partial charge in [-0.05, 0) is 48.9 Å². The van der Waals surface area contributed by atoms with E-state index in [0.717, 1.165) is 15.7 Å². The second kappa shape index (κ2) is 6.77. The molecule has 2 aromatic rings. The standard InChI is InChI=1S/C15H14BrClN2O/c1-10-2-5-13(8-14(10)17)19-15(20)9-18-12-6-3-11(16)4-7-12/h2-8,18H,9H2,1H3,(H,19,20).